The van der Waals surface area contributed by atoms with Crippen LogP contribution in [0, 0.1) is 5.41 Å². The van der Waals surface area contributed by atoms with Gasteiger partial charge in [-0.2, -0.15) is 13.1 Å². The predicted octanol–water partition coefficient (Wildman–Crippen LogP) is -0.519. The van der Waals surface area contributed by atoms with E-state index >= 15 is 0 Å². The molecule has 0 saturated carbocycles. The van der Waals surface area contributed by atoms with Crippen LogP contribution in [-0.4, -0.2) is 61.4 Å². The Bertz CT molecular complexity index is 379. The van der Waals surface area contributed by atoms with Gasteiger partial charge in [0.05, 0.1) is 6.04 Å². The van der Waals surface area contributed by atoms with Crippen molar-refractivity contribution in [3.05, 3.63) is 0 Å². The van der Waals surface area contributed by atoms with E-state index in [9.17, 15) is 17.2 Å². The summed E-state index contributed by atoms with van der Waals surface area (Å²) >= 11 is 0. The van der Waals surface area contributed by atoms with E-state index in [1.807, 2.05) is 0 Å². The van der Waals surface area contributed by atoms with Crippen LogP contribution in [-0.2, 0) is 10.0 Å². The highest BCUT2D eigenvalue weighted by atomic mass is 32.2. The molecule has 0 aliphatic carbocycles. The van der Waals surface area contributed by atoms with Crippen LogP contribution < -0.4 is 5.73 Å². The lowest BCUT2D eigenvalue weighted by atomic mass is 10.2. The first-order valence-electron chi connectivity index (χ1n) is 5.12. The van der Waals surface area contributed by atoms with Gasteiger partial charge in [-0.25, -0.2) is 8.42 Å². The summed E-state index contributed by atoms with van der Waals surface area (Å²) < 4.78 is 47.7. The van der Waals surface area contributed by atoms with Crippen LogP contribution in [0.1, 0.15) is 6.92 Å². The lowest BCUT2D eigenvalue weighted by molar-refractivity contribution is 0.159. The van der Waals surface area contributed by atoms with Gasteiger partial charge in [0, 0.05) is 26.2 Å². The minimum absolute atomic E-state index is 0.00426. The fourth-order valence-electron chi connectivity index (χ4n) is 1.65. The van der Waals surface area contributed by atoms with Crippen molar-refractivity contribution in [1.29, 1.82) is 5.41 Å². The zero-order chi connectivity index (χ0) is 13.2. The number of hydrogen-bond acceptors (Lipinski definition) is 4. The van der Waals surface area contributed by atoms with E-state index < -0.39 is 15.8 Å². The Morgan fingerprint density at radius 3 is 2.12 bits per heavy atom. The van der Waals surface area contributed by atoms with Crippen molar-refractivity contribution in [2.24, 2.45) is 5.73 Å². The second kappa shape index (κ2) is 5.23. The highest BCUT2D eigenvalue weighted by Gasteiger charge is 2.35. The second-order valence-corrected chi connectivity index (χ2v) is 5.77. The molecule has 3 N–H and O–H groups in total. The molecular formula is C8H16F2N4O2S. The lowest BCUT2D eigenvalue weighted by Crippen LogP contribution is -2.54. The number of piperazine rings is 1. The minimum atomic E-state index is -4.48. The average Bonchev–Trinajstić information content (AvgIpc) is 2.27. The summed E-state index contributed by atoms with van der Waals surface area (Å²) in [6.07, 6.45) is 0. The third-order valence-corrected chi connectivity index (χ3v) is 4.39. The van der Waals surface area contributed by atoms with Crippen LogP contribution in [0.15, 0.2) is 0 Å². The molecule has 0 radical (unpaired) electrons. The average molecular weight is 270 g/mol. The van der Waals surface area contributed by atoms with E-state index in [0.29, 0.717) is 13.1 Å². The fourth-order valence-corrected chi connectivity index (χ4v) is 2.55. The maximum atomic E-state index is 12.3. The Kier molecular flexibility index (Phi) is 4.39. The van der Waals surface area contributed by atoms with Gasteiger partial charge in [0.25, 0.3) is 10.0 Å². The summed E-state index contributed by atoms with van der Waals surface area (Å²) in [7, 11) is -4.48. The van der Waals surface area contributed by atoms with Gasteiger partial charge in [0.2, 0.25) is 0 Å². The van der Waals surface area contributed by atoms with Crippen molar-refractivity contribution >= 4 is 15.9 Å². The summed E-state index contributed by atoms with van der Waals surface area (Å²) in [5.74, 6) is -3.39. The summed E-state index contributed by atoms with van der Waals surface area (Å²) in [4.78, 5) is 1.79. The molecule has 1 aliphatic rings. The number of nitrogens with zero attached hydrogens (tertiary/aromatic N) is 2. The Morgan fingerprint density at radius 1 is 1.29 bits per heavy atom. The Labute approximate surface area is 98.9 Å². The third kappa shape index (κ3) is 3.11. The Morgan fingerprint density at radius 2 is 1.76 bits per heavy atom. The van der Waals surface area contributed by atoms with Gasteiger partial charge >= 0.3 is 5.76 Å². The van der Waals surface area contributed by atoms with Gasteiger partial charge in [-0.1, -0.05) is 0 Å². The SMILES string of the molecule is CC(C(=N)N)N1CCN(S(=O)(=O)C(F)F)CC1. The molecule has 0 aromatic heterocycles. The lowest BCUT2D eigenvalue weighted by Gasteiger charge is -2.36. The van der Waals surface area contributed by atoms with Gasteiger partial charge in [-0.3, -0.25) is 10.3 Å². The van der Waals surface area contributed by atoms with Gasteiger partial charge in [0.1, 0.15) is 5.84 Å². The molecule has 1 aliphatic heterocycles. The monoisotopic (exact) mass is 270 g/mol. The molecule has 9 heteroatoms. The topological polar surface area (TPSA) is 90.5 Å². The quantitative estimate of drug-likeness (QED) is 0.531. The fraction of sp³-hybridized carbons (Fsp3) is 0.875. The predicted molar refractivity (Wildman–Crippen MR) is 59.4 cm³/mol. The van der Waals surface area contributed by atoms with Crippen LogP contribution in [0.3, 0.4) is 0 Å². The molecule has 1 unspecified atom stereocenters. The third-order valence-electron chi connectivity index (χ3n) is 2.86. The van der Waals surface area contributed by atoms with Gasteiger partial charge in [0.15, 0.2) is 0 Å². The molecular weight excluding hydrogens is 254 g/mol. The first kappa shape index (κ1) is 14.3. The maximum Gasteiger partial charge on any atom is 0.350 e. The molecule has 17 heavy (non-hydrogen) atoms. The van der Waals surface area contributed by atoms with Crippen LogP contribution in [0.4, 0.5) is 8.78 Å². The number of amidine groups is 1. The van der Waals surface area contributed by atoms with E-state index in [2.05, 4.69) is 0 Å². The molecule has 0 spiro atoms. The van der Waals surface area contributed by atoms with Gasteiger partial charge < -0.3 is 5.73 Å². The van der Waals surface area contributed by atoms with Gasteiger partial charge in [-0.05, 0) is 6.92 Å². The molecule has 1 rings (SSSR count). The molecule has 0 amide bonds. The summed E-state index contributed by atoms with van der Waals surface area (Å²) in [5, 5.41) is 7.26. The van der Waals surface area contributed by atoms with Crippen LogP contribution in [0.25, 0.3) is 0 Å². The maximum absolute atomic E-state index is 12.3. The Balaban J connectivity index is 2.60. The van der Waals surface area contributed by atoms with Crippen molar-refractivity contribution in [3.63, 3.8) is 0 Å². The normalized spacial score (nSPS) is 21.6. The number of nitrogens with one attached hydrogen (secondary N) is 1. The molecule has 1 saturated heterocycles. The minimum Gasteiger partial charge on any atom is -0.386 e. The number of alkyl halides is 2. The zero-order valence-electron chi connectivity index (χ0n) is 9.44. The number of hydrogen-bond donors (Lipinski definition) is 2. The van der Waals surface area contributed by atoms with Crippen molar-refractivity contribution in [2.75, 3.05) is 26.2 Å². The molecule has 0 aromatic rings. The van der Waals surface area contributed by atoms with Crippen LogP contribution >= 0.6 is 0 Å². The van der Waals surface area contributed by atoms with E-state index in [1.54, 1.807) is 11.8 Å². The molecule has 1 fully saturated rings. The van der Waals surface area contributed by atoms with E-state index in [4.69, 9.17) is 11.1 Å². The Hall–Kier alpha value is -0.800. The number of sulfonamides is 1. The van der Waals surface area contributed by atoms with Crippen molar-refractivity contribution in [2.45, 2.75) is 18.7 Å². The van der Waals surface area contributed by atoms with Crippen molar-refractivity contribution in [1.82, 2.24) is 9.21 Å². The smallest absolute Gasteiger partial charge is 0.350 e. The molecule has 100 valence electrons. The molecule has 6 nitrogen and oxygen atoms in total. The van der Waals surface area contributed by atoms with Crippen molar-refractivity contribution in [3.8, 4) is 0 Å². The second-order valence-electron chi connectivity index (χ2n) is 3.87. The first-order chi connectivity index (χ1) is 7.76. The number of nitrogens with two attached hydrogens (primary N) is 1. The molecule has 1 atom stereocenters. The molecule has 1 heterocycles. The standard InChI is InChI=1S/C8H16F2N4O2S/c1-6(7(11)12)13-2-4-14(5-3-13)17(15,16)8(9)10/h6,8H,2-5H2,1H3,(H3,11,12). The molecule has 0 bridgehead atoms. The summed E-state index contributed by atoms with van der Waals surface area (Å²) in [6, 6.07) is -0.300. The van der Waals surface area contributed by atoms with Crippen LogP contribution in [0.5, 0.6) is 0 Å². The van der Waals surface area contributed by atoms with E-state index in [1.165, 1.54) is 0 Å². The van der Waals surface area contributed by atoms with Crippen LogP contribution in [0.2, 0.25) is 0 Å². The van der Waals surface area contributed by atoms with Crippen molar-refractivity contribution < 1.29 is 17.2 Å². The number of rotatable bonds is 4. The van der Waals surface area contributed by atoms with E-state index in [-0.39, 0.29) is 25.0 Å². The zero-order valence-corrected chi connectivity index (χ0v) is 10.3. The summed E-state index contributed by atoms with van der Waals surface area (Å²) in [6.45, 7) is 2.33. The summed E-state index contributed by atoms with van der Waals surface area (Å²) in [5.41, 5.74) is 5.33. The highest BCUT2D eigenvalue weighted by molar-refractivity contribution is 7.89. The number of halogens is 2. The highest BCUT2D eigenvalue weighted by Crippen LogP contribution is 2.15. The largest absolute Gasteiger partial charge is 0.386 e. The van der Waals surface area contributed by atoms with Gasteiger partial charge in [-0.15, -0.1) is 0 Å². The molecule has 0 aromatic carbocycles. The van der Waals surface area contributed by atoms with E-state index in [0.717, 1.165) is 4.31 Å². The first-order valence-corrected chi connectivity index (χ1v) is 6.62.